The van der Waals surface area contributed by atoms with Crippen molar-refractivity contribution in [1.29, 1.82) is 0 Å². The zero-order valence-corrected chi connectivity index (χ0v) is 8.07. The topological polar surface area (TPSA) is 83.0 Å². The van der Waals surface area contributed by atoms with Crippen LogP contribution >= 0.6 is 0 Å². The highest BCUT2D eigenvalue weighted by molar-refractivity contribution is 5.69. The first-order chi connectivity index (χ1) is 6.49. The van der Waals surface area contributed by atoms with Crippen molar-refractivity contribution in [3.63, 3.8) is 0 Å². The summed E-state index contributed by atoms with van der Waals surface area (Å²) in [7, 11) is 0. The van der Waals surface area contributed by atoms with E-state index in [4.69, 9.17) is 5.11 Å². The molecule has 1 aromatic rings. The number of hydrogen-bond donors (Lipinski definition) is 2. The Hall–Kier alpha value is -1.65. The summed E-state index contributed by atoms with van der Waals surface area (Å²) >= 11 is 0. The molecule has 0 aliphatic carbocycles. The van der Waals surface area contributed by atoms with Gasteiger partial charge in [0.2, 0.25) is 0 Å². The molecular formula is C9H12N2O3. The number of H-pyrrole nitrogens is 1. The second kappa shape index (κ2) is 4.04. The highest BCUT2D eigenvalue weighted by Crippen LogP contribution is 2.09. The van der Waals surface area contributed by atoms with E-state index < -0.39 is 11.7 Å². The predicted octanol–water partition coefficient (Wildman–Crippen LogP) is 0.520. The van der Waals surface area contributed by atoms with Gasteiger partial charge in [-0.05, 0) is 12.0 Å². The molecule has 5 heteroatoms. The maximum atomic E-state index is 11.0. The van der Waals surface area contributed by atoms with Gasteiger partial charge in [0.1, 0.15) is 0 Å². The number of hydrogen-bond acceptors (Lipinski definition) is 3. The van der Waals surface area contributed by atoms with Crippen LogP contribution in [-0.4, -0.2) is 21.0 Å². The molecule has 0 fully saturated rings. The van der Waals surface area contributed by atoms with Crippen LogP contribution in [0.1, 0.15) is 31.2 Å². The lowest BCUT2D eigenvalue weighted by Crippen LogP contribution is -2.17. The minimum absolute atomic E-state index is 0.116. The number of carbonyl (C=O) groups is 1. The number of aliphatic carboxylic acids is 1. The van der Waals surface area contributed by atoms with Gasteiger partial charge in [0, 0.05) is 5.69 Å². The number of carboxylic acid groups (broad SMARTS) is 1. The van der Waals surface area contributed by atoms with Crippen LogP contribution < -0.4 is 5.69 Å². The van der Waals surface area contributed by atoms with Crippen LogP contribution in [0.2, 0.25) is 0 Å². The van der Waals surface area contributed by atoms with Gasteiger partial charge in [0.15, 0.2) is 0 Å². The first-order valence-corrected chi connectivity index (χ1v) is 4.31. The van der Waals surface area contributed by atoms with Crippen LogP contribution in [0.4, 0.5) is 0 Å². The Morgan fingerprint density at radius 1 is 1.64 bits per heavy atom. The maximum absolute atomic E-state index is 11.0. The van der Waals surface area contributed by atoms with Crippen LogP contribution in [0.5, 0.6) is 0 Å². The Balaban J connectivity index is 3.07. The molecule has 0 aliphatic heterocycles. The normalized spacial score (nSPS) is 10.5. The Kier molecular flexibility index (Phi) is 3.01. The summed E-state index contributed by atoms with van der Waals surface area (Å²) in [4.78, 5) is 27.6. The van der Waals surface area contributed by atoms with Gasteiger partial charge in [0.25, 0.3) is 0 Å². The van der Waals surface area contributed by atoms with Gasteiger partial charge in [-0.3, -0.25) is 4.79 Å². The first kappa shape index (κ1) is 10.4. The average molecular weight is 196 g/mol. The van der Waals surface area contributed by atoms with E-state index in [2.05, 4.69) is 9.97 Å². The molecule has 0 amide bonds. The van der Waals surface area contributed by atoms with Crippen LogP contribution in [-0.2, 0) is 11.2 Å². The lowest BCUT2D eigenvalue weighted by atomic mass is 10.1. The molecule has 0 aliphatic rings. The summed E-state index contributed by atoms with van der Waals surface area (Å²) in [6.45, 7) is 3.79. The quantitative estimate of drug-likeness (QED) is 0.738. The Morgan fingerprint density at radius 3 is 2.79 bits per heavy atom. The molecule has 76 valence electrons. The van der Waals surface area contributed by atoms with E-state index in [-0.39, 0.29) is 12.3 Å². The highest BCUT2D eigenvalue weighted by Gasteiger charge is 2.07. The molecule has 0 saturated heterocycles. The highest BCUT2D eigenvalue weighted by atomic mass is 16.4. The molecule has 1 aromatic heterocycles. The van der Waals surface area contributed by atoms with Crippen molar-refractivity contribution in [2.45, 2.75) is 26.2 Å². The second-order valence-corrected chi connectivity index (χ2v) is 3.36. The lowest BCUT2D eigenvalue weighted by molar-refractivity contribution is -0.136. The van der Waals surface area contributed by atoms with Crippen LogP contribution in [0.15, 0.2) is 10.9 Å². The molecule has 0 aromatic carbocycles. The van der Waals surface area contributed by atoms with E-state index >= 15 is 0 Å². The summed E-state index contributed by atoms with van der Waals surface area (Å²) in [6, 6.07) is 1.61. The van der Waals surface area contributed by atoms with Gasteiger partial charge in [-0.15, -0.1) is 0 Å². The molecule has 1 heterocycles. The summed E-state index contributed by atoms with van der Waals surface area (Å²) < 4.78 is 0. The molecule has 0 radical (unpaired) electrons. The van der Waals surface area contributed by atoms with Gasteiger partial charge >= 0.3 is 11.7 Å². The van der Waals surface area contributed by atoms with E-state index in [9.17, 15) is 9.59 Å². The van der Waals surface area contributed by atoms with Crippen molar-refractivity contribution in [1.82, 2.24) is 9.97 Å². The fourth-order valence-electron chi connectivity index (χ4n) is 1.08. The summed E-state index contributed by atoms with van der Waals surface area (Å²) in [5.74, 6) is -0.855. The predicted molar refractivity (Wildman–Crippen MR) is 50.3 cm³/mol. The molecule has 0 unspecified atom stereocenters. The monoisotopic (exact) mass is 196 g/mol. The average Bonchev–Trinajstić information content (AvgIpc) is 2.01. The van der Waals surface area contributed by atoms with Crippen molar-refractivity contribution < 1.29 is 9.90 Å². The van der Waals surface area contributed by atoms with Crippen molar-refractivity contribution in [3.8, 4) is 0 Å². The zero-order valence-electron chi connectivity index (χ0n) is 8.07. The van der Waals surface area contributed by atoms with Crippen LogP contribution in [0.3, 0.4) is 0 Å². The van der Waals surface area contributed by atoms with Crippen molar-refractivity contribution >= 4 is 5.97 Å². The molecule has 5 nitrogen and oxygen atoms in total. The van der Waals surface area contributed by atoms with Crippen LogP contribution in [0.25, 0.3) is 0 Å². The smallest absolute Gasteiger partial charge is 0.345 e. The van der Waals surface area contributed by atoms with Crippen molar-refractivity contribution in [3.05, 3.63) is 27.9 Å². The van der Waals surface area contributed by atoms with Gasteiger partial charge in [-0.25, -0.2) is 4.79 Å². The van der Waals surface area contributed by atoms with Gasteiger partial charge < -0.3 is 10.1 Å². The molecule has 0 bridgehead atoms. The van der Waals surface area contributed by atoms with Crippen molar-refractivity contribution in [2.24, 2.45) is 0 Å². The lowest BCUT2D eigenvalue weighted by Gasteiger charge is -2.04. The first-order valence-electron chi connectivity index (χ1n) is 4.31. The number of carboxylic acids is 1. The molecule has 2 N–H and O–H groups in total. The Bertz CT molecular complexity index is 395. The molecule has 0 atom stereocenters. The van der Waals surface area contributed by atoms with E-state index in [1.54, 1.807) is 6.07 Å². The van der Waals surface area contributed by atoms with Gasteiger partial charge in [-0.2, -0.15) is 4.98 Å². The van der Waals surface area contributed by atoms with Crippen LogP contribution in [0, 0.1) is 0 Å². The Morgan fingerprint density at radius 2 is 2.29 bits per heavy atom. The summed E-state index contributed by atoms with van der Waals surface area (Å²) in [6.07, 6.45) is -0.183. The number of rotatable bonds is 3. The standard InChI is InChI=1S/C9H12N2O3/c1-5(2)7-3-6(4-8(12)13)10-9(14)11-7/h3,5H,4H2,1-2H3,(H,12,13)(H,10,11,14). The Labute approximate surface area is 80.8 Å². The number of aromatic amines is 1. The van der Waals surface area contributed by atoms with Gasteiger partial charge in [-0.1, -0.05) is 13.8 Å². The second-order valence-electron chi connectivity index (χ2n) is 3.36. The molecule has 0 spiro atoms. The maximum Gasteiger partial charge on any atom is 0.345 e. The summed E-state index contributed by atoms with van der Waals surface area (Å²) in [5.41, 5.74) is 0.513. The molecular weight excluding hydrogens is 184 g/mol. The fraction of sp³-hybridized carbons (Fsp3) is 0.444. The summed E-state index contributed by atoms with van der Waals surface area (Å²) in [5, 5.41) is 8.54. The third kappa shape index (κ3) is 2.69. The number of nitrogens with zero attached hydrogens (tertiary/aromatic N) is 1. The third-order valence-corrected chi connectivity index (χ3v) is 1.75. The van der Waals surface area contributed by atoms with E-state index in [0.717, 1.165) is 0 Å². The number of aromatic nitrogens is 2. The SMILES string of the molecule is CC(C)c1cc(CC(=O)O)[nH]c(=O)n1. The largest absolute Gasteiger partial charge is 0.481 e. The molecule has 14 heavy (non-hydrogen) atoms. The zero-order chi connectivity index (χ0) is 10.7. The van der Waals surface area contributed by atoms with Crippen molar-refractivity contribution in [2.75, 3.05) is 0 Å². The van der Waals surface area contributed by atoms with E-state index in [0.29, 0.717) is 11.4 Å². The molecule has 0 saturated carbocycles. The van der Waals surface area contributed by atoms with E-state index in [1.807, 2.05) is 13.8 Å². The van der Waals surface area contributed by atoms with Gasteiger partial charge in [0.05, 0.1) is 12.1 Å². The van der Waals surface area contributed by atoms with E-state index in [1.165, 1.54) is 0 Å². The fourth-order valence-corrected chi connectivity index (χ4v) is 1.08. The molecule has 1 rings (SSSR count). The minimum Gasteiger partial charge on any atom is -0.481 e. The number of nitrogens with one attached hydrogen (secondary N) is 1. The minimum atomic E-state index is -0.971. The third-order valence-electron chi connectivity index (χ3n) is 1.75.